The van der Waals surface area contributed by atoms with E-state index in [9.17, 15) is 9.59 Å². The second-order valence-electron chi connectivity index (χ2n) is 3.64. The van der Waals surface area contributed by atoms with Crippen LogP contribution in [0.5, 0.6) is 0 Å². The first-order valence-electron chi connectivity index (χ1n) is 5.38. The standard InChI is InChI=1S/C12H16N2O3/c1-3-10(11(15)16)13-12(17)14(2)9-7-5-4-6-8-9/h4-8,10H,3H2,1-2H3,(H,13,17)(H,15,16). The van der Waals surface area contributed by atoms with Crippen LogP contribution in [0, 0.1) is 0 Å². The monoisotopic (exact) mass is 236 g/mol. The zero-order chi connectivity index (χ0) is 12.8. The molecule has 0 aromatic heterocycles. The number of para-hydroxylation sites is 1. The van der Waals surface area contributed by atoms with E-state index in [0.29, 0.717) is 12.1 Å². The molecule has 0 saturated carbocycles. The summed E-state index contributed by atoms with van der Waals surface area (Å²) in [6.45, 7) is 1.71. The van der Waals surface area contributed by atoms with Crippen LogP contribution in [0.2, 0.25) is 0 Å². The third kappa shape index (κ3) is 3.48. The lowest BCUT2D eigenvalue weighted by Gasteiger charge is -2.20. The molecule has 5 heteroatoms. The van der Waals surface area contributed by atoms with E-state index in [4.69, 9.17) is 5.11 Å². The highest BCUT2D eigenvalue weighted by Crippen LogP contribution is 2.11. The van der Waals surface area contributed by atoms with E-state index < -0.39 is 18.0 Å². The number of benzene rings is 1. The Balaban J connectivity index is 2.68. The summed E-state index contributed by atoms with van der Waals surface area (Å²) in [5.74, 6) is -1.03. The summed E-state index contributed by atoms with van der Waals surface area (Å²) in [7, 11) is 1.60. The molecule has 1 atom stereocenters. The number of aliphatic carboxylic acids is 1. The summed E-state index contributed by atoms with van der Waals surface area (Å²) in [4.78, 5) is 23.9. The second-order valence-corrected chi connectivity index (χ2v) is 3.64. The number of carboxylic acids is 1. The fourth-order valence-corrected chi connectivity index (χ4v) is 1.35. The van der Waals surface area contributed by atoms with Crippen LogP contribution in [0.15, 0.2) is 30.3 Å². The number of hydrogen-bond acceptors (Lipinski definition) is 2. The van der Waals surface area contributed by atoms with Gasteiger partial charge in [-0.1, -0.05) is 25.1 Å². The average molecular weight is 236 g/mol. The molecule has 5 nitrogen and oxygen atoms in total. The highest BCUT2D eigenvalue weighted by molar-refractivity contribution is 5.93. The van der Waals surface area contributed by atoms with Crippen molar-refractivity contribution in [2.45, 2.75) is 19.4 Å². The normalized spacial score (nSPS) is 11.6. The van der Waals surface area contributed by atoms with E-state index in [2.05, 4.69) is 5.32 Å². The summed E-state index contributed by atoms with van der Waals surface area (Å²) < 4.78 is 0. The first kappa shape index (κ1) is 13.0. The topological polar surface area (TPSA) is 69.6 Å². The zero-order valence-electron chi connectivity index (χ0n) is 9.88. The van der Waals surface area contributed by atoms with Gasteiger partial charge in [-0.15, -0.1) is 0 Å². The van der Waals surface area contributed by atoms with E-state index in [0.717, 1.165) is 0 Å². The van der Waals surface area contributed by atoms with Crippen molar-refractivity contribution >= 4 is 17.7 Å². The SMILES string of the molecule is CCC(NC(=O)N(C)c1ccccc1)C(=O)O. The van der Waals surface area contributed by atoms with Crippen LogP contribution in [0.3, 0.4) is 0 Å². The Bertz CT molecular complexity index is 392. The summed E-state index contributed by atoms with van der Waals surface area (Å²) in [6.07, 6.45) is 0.351. The summed E-state index contributed by atoms with van der Waals surface area (Å²) >= 11 is 0. The van der Waals surface area contributed by atoms with Gasteiger partial charge in [-0.3, -0.25) is 4.90 Å². The Morgan fingerprint density at radius 2 is 1.94 bits per heavy atom. The maximum absolute atomic E-state index is 11.8. The van der Waals surface area contributed by atoms with Gasteiger partial charge in [0.05, 0.1) is 0 Å². The van der Waals surface area contributed by atoms with Gasteiger partial charge in [0.15, 0.2) is 0 Å². The third-order valence-corrected chi connectivity index (χ3v) is 2.45. The van der Waals surface area contributed by atoms with E-state index in [-0.39, 0.29) is 0 Å². The van der Waals surface area contributed by atoms with E-state index in [1.54, 1.807) is 26.1 Å². The van der Waals surface area contributed by atoms with Crippen molar-refractivity contribution < 1.29 is 14.7 Å². The molecule has 1 rings (SSSR count). The summed E-state index contributed by atoms with van der Waals surface area (Å²) in [6, 6.07) is 7.75. The minimum Gasteiger partial charge on any atom is -0.480 e. The van der Waals surface area contributed by atoms with Gasteiger partial charge in [-0.25, -0.2) is 9.59 Å². The molecular formula is C12H16N2O3. The van der Waals surface area contributed by atoms with Gasteiger partial charge in [0, 0.05) is 12.7 Å². The van der Waals surface area contributed by atoms with Crippen molar-refractivity contribution in [2.24, 2.45) is 0 Å². The van der Waals surface area contributed by atoms with Crippen LogP contribution in [0.1, 0.15) is 13.3 Å². The first-order valence-corrected chi connectivity index (χ1v) is 5.38. The van der Waals surface area contributed by atoms with Gasteiger partial charge in [0.25, 0.3) is 0 Å². The quantitative estimate of drug-likeness (QED) is 0.835. The van der Waals surface area contributed by atoms with Crippen LogP contribution < -0.4 is 10.2 Å². The maximum Gasteiger partial charge on any atom is 0.326 e. The molecule has 0 aliphatic heterocycles. The number of nitrogens with zero attached hydrogens (tertiary/aromatic N) is 1. The molecule has 1 aromatic rings. The molecule has 0 aliphatic rings. The van der Waals surface area contributed by atoms with Gasteiger partial charge in [-0.2, -0.15) is 0 Å². The molecule has 0 bridgehead atoms. The van der Waals surface area contributed by atoms with Gasteiger partial charge in [-0.05, 0) is 18.6 Å². The highest BCUT2D eigenvalue weighted by atomic mass is 16.4. The predicted molar refractivity (Wildman–Crippen MR) is 65.1 cm³/mol. The van der Waals surface area contributed by atoms with Crippen LogP contribution in [-0.2, 0) is 4.79 Å². The highest BCUT2D eigenvalue weighted by Gasteiger charge is 2.20. The van der Waals surface area contributed by atoms with E-state index in [1.807, 2.05) is 18.2 Å². The molecule has 0 spiro atoms. The number of carbonyl (C=O) groups is 2. The Kier molecular flexibility index (Phi) is 4.51. The lowest BCUT2D eigenvalue weighted by atomic mass is 10.2. The van der Waals surface area contributed by atoms with Crippen LogP contribution in [0.25, 0.3) is 0 Å². The van der Waals surface area contributed by atoms with Crippen molar-refractivity contribution in [3.05, 3.63) is 30.3 Å². The number of rotatable bonds is 4. The third-order valence-electron chi connectivity index (χ3n) is 2.45. The molecular weight excluding hydrogens is 220 g/mol. The molecule has 0 radical (unpaired) electrons. The smallest absolute Gasteiger partial charge is 0.326 e. The fourth-order valence-electron chi connectivity index (χ4n) is 1.35. The van der Waals surface area contributed by atoms with Crippen LogP contribution in [-0.4, -0.2) is 30.2 Å². The predicted octanol–water partition coefficient (Wildman–Crippen LogP) is 1.70. The summed E-state index contributed by atoms with van der Waals surface area (Å²) in [5, 5.41) is 11.3. The molecule has 17 heavy (non-hydrogen) atoms. The molecule has 0 heterocycles. The number of hydrogen-bond donors (Lipinski definition) is 2. The molecule has 2 amide bonds. The van der Waals surface area contributed by atoms with Crippen molar-refractivity contribution in [1.82, 2.24) is 5.32 Å². The minimum absolute atomic E-state index is 0.351. The average Bonchev–Trinajstić information content (AvgIpc) is 2.35. The van der Waals surface area contributed by atoms with Gasteiger partial charge < -0.3 is 10.4 Å². The fraction of sp³-hybridized carbons (Fsp3) is 0.333. The van der Waals surface area contributed by atoms with Gasteiger partial charge in [0.2, 0.25) is 0 Å². The molecule has 0 fully saturated rings. The second kappa shape index (κ2) is 5.89. The lowest BCUT2D eigenvalue weighted by molar-refractivity contribution is -0.139. The van der Waals surface area contributed by atoms with Crippen molar-refractivity contribution in [3.63, 3.8) is 0 Å². The van der Waals surface area contributed by atoms with E-state index in [1.165, 1.54) is 4.90 Å². The molecule has 1 aromatic carbocycles. The number of carboxylic acid groups (broad SMARTS) is 1. The Morgan fingerprint density at radius 3 is 2.41 bits per heavy atom. The van der Waals surface area contributed by atoms with Crippen LogP contribution in [0.4, 0.5) is 10.5 Å². The largest absolute Gasteiger partial charge is 0.480 e. The zero-order valence-corrected chi connectivity index (χ0v) is 9.88. The number of amides is 2. The molecule has 1 unspecified atom stereocenters. The molecule has 92 valence electrons. The maximum atomic E-state index is 11.8. The lowest BCUT2D eigenvalue weighted by Crippen LogP contribution is -2.46. The number of carbonyl (C=O) groups excluding carboxylic acids is 1. The number of urea groups is 1. The van der Waals surface area contributed by atoms with Crippen molar-refractivity contribution in [3.8, 4) is 0 Å². The Labute approximate surface area is 100 Å². The van der Waals surface area contributed by atoms with Crippen molar-refractivity contribution in [2.75, 3.05) is 11.9 Å². The summed E-state index contributed by atoms with van der Waals surface area (Å²) in [5.41, 5.74) is 0.713. The van der Waals surface area contributed by atoms with Crippen LogP contribution >= 0.6 is 0 Å². The Hall–Kier alpha value is -2.04. The molecule has 0 saturated heterocycles. The Morgan fingerprint density at radius 1 is 1.35 bits per heavy atom. The van der Waals surface area contributed by atoms with E-state index >= 15 is 0 Å². The van der Waals surface area contributed by atoms with Crippen molar-refractivity contribution in [1.29, 1.82) is 0 Å². The van der Waals surface area contributed by atoms with Gasteiger partial charge >= 0.3 is 12.0 Å². The number of nitrogens with one attached hydrogen (secondary N) is 1. The first-order chi connectivity index (χ1) is 8.06. The number of anilines is 1. The molecule has 0 aliphatic carbocycles. The molecule has 2 N–H and O–H groups in total. The minimum atomic E-state index is -1.03. The van der Waals surface area contributed by atoms with Gasteiger partial charge in [0.1, 0.15) is 6.04 Å².